The first-order valence-corrected chi connectivity index (χ1v) is 7.14. The molecule has 2 heterocycles. The molecule has 2 aromatic heterocycles. The van der Waals surface area contributed by atoms with Gasteiger partial charge in [0.2, 0.25) is 5.95 Å². The molecule has 1 aromatic carbocycles. The minimum atomic E-state index is -0.204. The van der Waals surface area contributed by atoms with E-state index in [1.54, 1.807) is 18.5 Å². The molecule has 7 heteroatoms. The lowest BCUT2D eigenvalue weighted by Crippen LogP contribution is -2.10. The van der Waals surface area contributed by atoms with Crippen LogP contribution in [0, 0.1) is 5.82 Å². The highest BCUT2D eigenvalue weighted by atomic mass is 19.1. The van der Waals surface area contributed by atoms with Crippen molar-refractivity contribution in [1.82, 2.24) is 19.5 Å². The number of anilines is 2. The van der Waals surface area contributed by atoms with E-state index in [0.717, 1.165) is 6.54 Å². The van der Waals surface area contributed by atoms with Crippen LogP contribution in [0.3, 0.4) is 0 Å². The third-order valence-electron chi connectivity index (χ3n) is 3.47. The van der Waals surface area contributed by atoms with E-state index in [-0.39, 0.29) is 5.82 Å². The molecule has 0 saturated carbocycles. The summed E-state index contributed by atoms with van der Waals surface area (Å²) in [5.74, 6) is 0.561. The predicted octanol–water partition coefficient (Wildman–Crippen LogP) is 2.22. The van der Waals surface area contributed by atoms with E-state index in [1.165, 1.54) is 6.07 Å². The molecule has 3 N–H and O–H groups in total. The predicted molar refractivity (Wildman–Crippen MR) is 84.0 cm³/mol. The average Bonchev–Trinajstić information content (AvgIpc) is 2.93. The van der Waals surface area contributed by atoms with Crippen LogP contribution in [0.1, 0.15) is 12.5 Å². The number of nitrogens with one attached hydrogen (secondary N) is 1. The number of nitrogens with two attached hydrogens (primary N) is 1. The number of fused-ring (bicyclic) bond motifs is 1. The van der Waals surface area contributed by atoms with Crippen molar-refractivity contribution in [3.63, 3.8) is 0 Å². The van der Waals surface area contributed by atoms with Crippen molar-refractivity contribution < 1.29 is 4.39 Å². The highest BCUT2D eigenvalue weighted by molar-refractivity contribution is 5.82. The Balaban J connectivity index is 1.75. The van der Waals surface area contributed by atoms with E-state index in [0.29, 0.717) is 41.5 Å². The van der Waals surface area contributed by atoms with Gasteiger partial charge in [-0.15, -0.1) is 0 Å². The first-order chi connectivity index (χ1) is 10.7. The van der Waals surface area contributed by atoms with Gasteiger partial charge in [-0.1, -0.05) is 18.2 Å². The van der Waals surface area contributed by atoms with Crippen LogP contribution in [-0.4, -0.2) is 26.1 Å². The fourth-order valence-electron chi connectivity index (χ4n) is 2.29. The van der Waals surface area contributed by atoms with Crippen LogP contribution in [0.2, 0.25) is 0 Å². The molecule has 0 saturated heterocycles. The van der Waals surface area contributed by atoms with Crippen molar-refractivity contribution in [2.24, 2.45) is 0 Å². The number of nitrogen functional groups attached to an aromatic ring is 1. The zero-order chi connectivity index (χ0) is 15.5. The van der Waals surface area contributed by atoms with Crippen LogP contribution in [0.25, 0.3) is 11.2 Å². The molecule has 0 bridgehead atoms. The largest absolute Gasteiger partial charge is 0.382 e. The van der Waals surface area contributed by atoms with E-state index in [1.807, 2.05) is 17.6 Å². The van der Waals surface area contributed by atoms with Gasteiger partial charge in [0.1, 0.15) is 11.3 Å². The number of rotatable bonds is 5. The van der Waals surface area contributed by atoms with E-state index in [4.69, 9.17) is 5.73 Å². The molecule has 0 spiro atoms. The van der Waals surface area contributed by atoms with Crippen LogP contribution in [0.5, 0.6) is 0 Å². The highest BCUT2D eigenvalue weighted by Crippen LogP contribution is 2.18. The Hall–Kier alpha value is -2.70. The number of benzene rings is 1. The fraction of sp³-hybridized carbons (Fsp3) is 0.267. The molecule has 0 aliphatic carbocycles. The maximum Gasteiger partial charge on any atom is 0.226 e. The van der Waals surface area contributed by atoms with Crippen molar-refractivity contribution in [2.45, 2.75) is 19.9 Å². The van der Waals surface area contributed by atoms with Gasteiger partial charge in [0.25, 0.3) is 0 Å². The van der Waals surface area contributed by atoms with Gasteiger partial charge in [0, 0.05) is 13.1 Å². The van der Waals surface area contributed by atoms with E-state index in [9.17, 15) is 4.39 Å². The Labute approximate surface area is 127 Å². The molecule has 114 valence electrons. The number of halogens is 1. The van der Waals surface area contributed by atoms with Gasteiger partial charge < -0.3 is 15.6 Å². The van der Waals surface area contributed by atoms with E-state index in [2.05, 4.69) is 20.3 Å². The Morgan fingerprint density at radius 1 is 1.27 bits per heavy atom. The number of imidazole rings is 1. The summed E-state index contributed by atoms with van der Waals surface area (Å²) in [7, 11) is 0. The molecule has 0 unspecified atom stereocenters. The standard InChI is InChI=1S/C15H17FN6/c1-2-22-9-19-12-13(17)20-15(21-14(12)22)18-8-7-10-5-3-4-6-11(10)16/h3-6,9H,2,7-8H2,1H3,(H3,17,18,20,21). The molecular formula is C15H17FN6. The zero-order valence-corrected chi connectivity index (χ0v) is 12.3. The normalized spacial score (nSPS) is 11.0. The lowest BCUT2D eigenvalue weighted by atomic mass is 10.1. The molecule has 3 aromatic rings. The summed E-state index contributed by atoms with van der Waals surface area (Å²) >= 11 is 0. The maximum atomic E-state index is 13.6. The number of nitrogens with zero attached hydrogens (tertiary/aromatic N) is 4. The summed E-state index contributed by atoms with van der Waals surface area (Å²) in [5, 5.41) is 3.08. The summed E-state index contributed by atoms with van der Waals surface area (Å²) in [5.41, 5.74) is 7.86. The molecule has 0 aliphatic rings. The molecule has 22 heavy (non-hydrogen) atoms. The molecule has 0 atom stereocenters. The summed E-state index contributed by atoms with van der Waals surface area (Å²) in [6.45, 7) is 3.28. The SMILES string of the molecule is CCn1cnc2c(N)nc(NCCc3ccccc3F)nc21. The van der Waals surface area contributed by atoms with Gasteiger partial charge in [0.15, 0.2) is 11.5 Å². The number of aryl methyl sites for hydroxylation is 1. The highest BCUT2D eigenvalue weighted by Gasteiger charge is 2.10. The minimum Gasteiger partial charge on any atom is -0.382 e. The van der Waals surface area contributed by atoms with Gasteiger partial charge in [-0.2, -0.15) is 9.97 Å². The summed E-state index contributed by atoms with van der Waals surface area (Å²) in [6, 6.07) is 6.71. The zero-order valence-electron chi connectivity index (χ0n) is 12.3. The Morgan fingerprint density at radius 2 is 2.09 bits per heavy atom. The summed E-state index contributed by atoms with van der Waals surface area (Å²) < 4.78 is 15.5. The first kappa shape index (κ1) is 14.2. The number of aromatic nitrogens is 4. The molecule has 0 radical (unpaired) electrons. The number of hydrogen-bond donors (Lipinski definition) is 2. The fourth-order valence-corrected chi connectivity index (χ4v) is 2.29. The Kier molecular flexibility index (Phi) is 3.86. The minimum absolute atomic E-state index is 0.204. The number of hydrogen-bond acceptors (Lipinski definition) is 5. The average molecular weight is 300 g/mol. The maximum absolute atomic E-state index is 13.6. The molecule has 6 nitrogen and oxygen atoms in total. The topological polar surface area (TPSA) is 81.7 Å². The van der Waals surface area contributed by atoms with E-state index >= 15 is 0 Å². The molecular weight excluding hydrogens is 283 g/mol. The van der Waals surface area contributed by atoms with Gasteiger partial charge >= 0.3 is 0 Å². The Bertz CT molecular complexity index is 798. The van der Waals surface area contributed by atoms with Gasteiger partial charge in [-0.3, -0.25) is 0 Å². The van der Waals surface area contributed by atoms with Crippen molar-refractivity contribution >= 4 is 22.9 Å². The molecule has 3 rings (SSSR count). The smallest absolute Gasteiger partial charge is 0.226 e. The molecule has 0 amide bonds. The Morgan fingerprint density at radius 3 is 2.86 bits per heavy atom. The van der Waals surface area contributed by atoms with Crippen LogP contribution >= 0.6 is 0 Å². The second-order valence-electron chi connectivity index (χ2n) is 4.90. The second kappa shape index (κ2) is 5.97. The summed E-state index contributed by atoms with van der Waals surface area (Å²) in [4.78, 5) is 12.8. The van der Waals surface area contributed by atoms with Crippen molar-refractivity contribution in [1.29, 1.82) is 0 Å². The van der Waals surface area contributed by atoms with Crippen LogP contribution in [-0.2, 0) is 13.0 Å². The van der Waals surface area contributed by atoms with Crippen LogP contribution in [0.15, 0.2) is 30.6 Å². The van der Waals surface area contributed by atoms with E-state index < -0.39 is 0 Å². The van der Waals surface area contributed by atoms with Crippen LogP contribution in [0.4, 0.5) is 16.2 Å². The van der Waals surface area contributed by atoms with Gasteiger partial charge in [-0.05, 0) is 25.0 Å². The lowest BCUT2D eigenvalue weighted by molar-refractivity contribution is 0.610. The first-order valence-electron chi connectivity index (χ1n) is 7.14. The van der Waals surface area contributed by atoms with Gasteiger partial charge in [-0.25, -0.2) is 9.37 Å². The van der Waals surface area contributed by atoms with Crippen molar-refractivity contribution in [3.8, 4) is 0 Å². The third-order valence-corrected chi connectivity index (χ3v) is 3.47. The van der Waals surface area contributed by atoms with Crippen molar-refractivity contribution in [3.05, 3.63) is 42.0 Å². The second-order valence-corrected chi connectivity index (χ2v) is 4.90. The van der Waals surface area contributed by atoms with Crippen LogP contribution < -0.4 is 11.1 Å². The molecule has 0 aliphatic heterocycles. The lowest BCUT2D eigenvalue weighted by Gasteiger charge is -2.07. The molecule has 0 fully saturated rings. The van der Waals surface area contributed by atoms with Gasteiger partial charge in [0.05, 0.1) is 6.33 Å². The van der Waals surface area contributed by atoms with Crippen molar-refractivity contribution in [2.75, 3.05) is 17.6 Å². The third kappa shape index (κ3) is 2.69. The monoisotopic (exact) mass is 300 g/mol. The quantitative estimate of drug-likeness (QED) is 0.755. The summed E-state index contributed by atoms with van der Waals surface area (Å²) in [6.07, 6.45) is 2.24.